The first-order valence-electron chi connectivity index (χ1n) is 6.73. The van der Waals surface area contributed by atoms with Gasteiger partial charge in [-0.15, -0.1) is 12.4 Å². The summed E-state index contributed by atoms with van der Waals surface area (Å²) in [6.45, 7) is 1.50. The predicted molar refractivity (Wildman–Crippen MR) is 82.1 cm³/mol. The molecule has 1 unspecified atom stereocenters. The molecule has 0 radical (unpaired) electrons. The van der Waals surface area contributed by atoms with Gasteiger partial charge in [-0.1, -0.05) is 12.1 Å². The molecular weight excluding hydrogens is 276 g/mol. The summed E-state index contributed by atoms with van der Waals surface area (Å²) in [7, 11) is 3.50. The van der Waals surface area contributed by atoms with E-state index >= 15 is 0 Å². The van der Waals surface area contributed by atoms with E-state index < -0.39 is 0 Å². The van der Waals surface area contributed by atoms with E-state index in [-0.39, 0.29) is 18.4 Å². The third-order valence-corrected chi connectivity index (χ3v) is 3.75. The summed E-state index contributed by atoms with van der Waals surface area (Å²) < 4.78 is 4.74. The van der Waals surface area contributed by atoms with Crippen LogP contribution in [0, 0.1) is 5.92 Å². The van der Waals surface area contributed by atoms with Crippen LogP contribution < -0.4 is 5.73 Å². The molecule has 0 aromatic heterocycles. The molecule has 0 aliphatic heterocycles. The molecule has 20 heavy (non-hydrogen) atoms. The van der Waals surface area contributed by atoms with Crippen molar-refractivity contribution in [3.63, 3.8) is 0 Å². The van der Waals surface area contributed by atoms with Crippen molar-refractivity contribution in [3.8, 4) is 0 Å². The van der Waals surface area contributed by atoms with Gasteiger partial charge in [-0.25, -0.2) is 4.79 Å². The second-order valence-corrected chi connectivity index (χ2v) is 5.25. The van der Waals surface area contributed by atoms with E-state index in [9.17, 15) is 4.79 Å². The highest BCUT2D eigenvalue weighted by Crippen LogP contribution is 2.34. The lowest BCUT2D eigenvalue weighted by Gasteiger charge is -2.27. The number of nitrogens with two attached hydrogens (primary N) is 1. The summed E-state index contributed by atoms with van der Waals surface area (Å²) >= 11 is 0. The molecule has 0 heterocycles. The summed E-state index contributed by atoms with van der Waals surface area (Å²) in [4.78, 5) is 13.8. The minimum Gasteiger partial charge on any atom is -0.465 e. The zero-order valence-corrected chi connectivity index (χ0v) is 12.9. The molecule has 1 atom stereocenters. The Morgan fingerprint density at radius 3 is 2.75 bits per heavy atom. The van der Waals surface area contributed by atoms with E-state index in [4.69, 9.17) is 10.5 Å². The quantitative estimate of drug-likeness (QED) is 0.817. The second kappa shape index (κ2) is 7.62. The topological polar surface area (TPSA) is 55.6 Å². The monoisotopic (exact) mass is 298 g/mol. The maximum Gasteiger partial charge on any atom is 0.337 e. The molecular formula is C15H23ClN2O2. The Kier molecular flexibility index (Phi) is 6.46. The minimum absolute atomic E-state index is 0. The van der Waals surface area contributed by atoms with E-state index in [0.29, 0.717) is 18.2 Å². The van der Waals surface area contributed by atoms with Crippen molar-refractivity contribution in [2.45, 2.75) is 25.4 Å². The molecule has 1 aliphatic rings. The Morgan fingerprint density at radius 1 is 1.50 bits per heavy atom. The molecule has 112 valence electrons. The predicted octanol–water partition coefficient (Wildman–Crippen LogP) is 2.06. The van der Waals surface area contributed by atoms with Crippen LogP contribution in [-0.4, -0.2) is 37.6 Å². The van der Waals surface area contributed by atoms with Crippen LogP contribution in [0.25, 0.3) is 0 Å². The smallest absolute Gasteiger partial charge is 0.337 e. The van der Waals surface area contributed by atoms with Crippen molar-refractivity contribution in [1.82, 2.24) is 4.90 Å². The van der Waals surface area contributed by atoms with Crippen molar-refractivity contribution >= 4 is 18.4 Å². The third-order valence-electron chi connectivity index (χ3n) is 3.75. The number of esters is 1. The van der Waals surface area contributed by atoms with Gasteiger partial charge in [0.1, 0.15) is 0 Å². The van der Waals surface area contributed by atoms with Crippen molar-refractivity contribution in [2.24, 2.45) is 11.7 Å². The van der Waals surface area contributed by atoms with E-state index in [1.807, 2.05) is 18.2 Å². The van der Waals surface area contributed by atoms with Crippen molar-refractivity contribution in [3.05, 3.63) is 35.4 Å². The van der Waals surface area contributed by atoms with E-state index in [1.165, 1.54) is 20.0 Å². The Morgan fingerprint density at radius 2 is 2.20 bits per heavy atom. The van der Waals surface area contributed by atoms with Crippen LogP contribution in [0.3, 0.4) is 0 Å². The van der Waals surface area contributed by atoms with Crippen LogP contribution in [0.1, 0.15) is 28.8 Å². The number of nitrogens with zero attached hydrogens (tertiary/aromatic N) is 1. The lowest BCUT2D eigenvalue weighted by Crippen LogP contribution is -2.39. The van der Waals surface area contributed by atoms with Crippen molar-refractivity contribution < 1.29 is 9.53 Å². The Labute approximate surface area is 126 Å². The average molecular weight is 299 g/mol. The Hall–Kier alpha value is -1.10. The largest absolute Gasteiger partial charge is 0.465 e. The summed E-state index contributed by atoms with van der Waals surface area (Å²) in [6, 6.07) is 8.04. The number of carbonyl (C=O) groups excluding carboxylic acids is 1. The molecule has 0 amide bonds. The highest BCUT2D eigenvalue weighted by molar-refractivity contribution is 5.89. The van der Waals surface area contributed by atoms with Gasteiger partial charge < -0.3 is 10.5 Å². The van der Waals surface area contributed by atoms with Crippen LogP contribution in [0.5, 0.6) is 0 Å². The number of methoxy groups -OCH3 is 1. The first kappa shape index (κ1) is 17.0. The van der Waals surface area contributed by atoms with Crippen molar-refractivity contribution in [2.75, 3.05) is 20.7 Å². The molecule has 1 aliphatic carbocycles. The number of likely N-dealkylation sites (N-methyl/N-ethyl adjacent to an activating group) is 1. The lowest BCUT2D eigenvalue weighted by molar-refractivity contribution is 0.0600. The molecule has 2 N–H and O–H groups in total. The molecule has 0 saturated heterocycles. The molecule has 1 aromatic carbocycles. The van der Waals surface area contributed by atoms with Gasteiger partial charge in [-0.05, 0) is 43.5 Å². The maximum atomic E-state index is 11.5. The number of rotatable bonds is 6. The fourth-order valence-corrected chi connectivity index (χ4v) is 2.53. The average Bonchev–Trinajstić information content (AvgIpc) is 3.23. The summed E-state index contributed by atoms with van der Waals surface area (Å²) in [5.74, 6) is 0.459. The number of halogens is 1. The minimum atomic E-state index is -0.290. The number of hydrogen-bond donors (Lipinski definition) is 1. The number of ether oxygens (including phenoxy) is 1. The van der Waals surface area contributed by atoms with Crippen LogP contribution in [-0.2, 0) is 11.3 Å². The number of hydrogen-bond acceptors (Lipinski definition) is 4. The summed E-state index contributed by atoms with van der Waals surface area (Å²) in [5.41, 5.74) is 7.57. The van der Waals surface area contributed by atoms with Crippen LogP contribution >= 0.6 is 12.4 Å². The molecule has 0 spiro atoms. The van der Waals surface area contributed by atoms with E-state index in [2.05, 4.69) is 11.9 Å². The maximum absolute atomic E-state index is 11.5. The van der Waals surface area contributed by atoms with Gasteiger partial charge >= 0.3 is 5.97 Å². The molecule has 1 saturated carbocycles. The van der Waals surface area contributed by atoms with E-state index in [0.717, 1.165) is 18.0 Å². The molecule has 0 bridgehead atoms. The van der Waals surface area contributed by atoms with E-state index in [1.54, 1.807) is 6.07 Å². The molecule has 5 heteroatoms. The van der Waals surface area contributed by atoms with Gasteiger partial charge in [-0.2, -0.15) is 0 Å². The summed E-state index contributed by atoms with van der Waals surface area (Å²) in [6.07, 6.45) is 2.57. The van der Waals surface area contributed by atoms with Crippen LogP contribution in [0.4, 0.5) is 0 Å². The first-order valence-corrected chi connectivity index (χ1v) is 6.73. The van der Waals surface area contributed by atoms with Gasteiger partial charge in [0, 0.05) is 19.1 Å². The third kappa shape index (κ3) is 4.20. The number of carbonyl (C=O) groups is 1. The fourth-order valence-electron chi connectivity index (χ4n) is 2.53. The zero-order chi connectivity index (χ0) is 13.8. The Balaban J connectivity index is 0.00000200. The zero-order valence-electron chi connectivity index (χ0n) is 12.0. The van der Waals surface area contributed by atoms with Gasteiger partial charge in [0.05, 0.1) is 12.7 Å². The SMILES string of the molecule is COC(=O)c1cccc(CN(C)C(CN)C2CC2)c1.Cl. The Bertz CT molecular complexity index is 449. The van der Waals surface area contributed by atoms with Crippen molar-refractivity contribution in [1.29, 1.82) is 0 Å². The fraction of sp³-hybridized carbons (Fsp3) is 0.533. The normalized spacial score (nSPS) is 15.6. The molecule has 1 fully saturated rings. The molecule has 1 aromatic rings. The highest BCUT2D eigenvalue weighted by Gasteiger charge is 2.32. The number of benzene rings is 1. The van der Waals surface area contributed by atoms with Gasteiger partial charge in [0.2, 0.25) is 0 Å². The highest BCUT2D eigenvalue weighted by atomic mass is 35.5. The summed E-state index contributed by atoms with van der Waals surface area (Å²) in [5, 5.41) is 0. The second-order valence-electron chi connectivity index (χ2n) is 5.25. The van der Waals surface area contributed by atoms with Gasteiger partial charge in [0.15, 0.2) is 0 Å². The standard InChI is InChI=1S/C15H22N2O2.ClH/c1-17(14(9-16)12-6-7-12)10-11-4-3-5-13(8-11)15(18)19-2;/h3-5,8,12,14H,6-7,9-10,16H2,1-2H3;1H. The molecule has 4 nitrogen and oxygen atoms in total. The van der Waals surface area contributed by atoms with Gasteiger partial charge in [-0.3, -0.25) is 4.90 Å². The lowest BCUT2D eigenvalue weighted by atomic mass is 10.1. The van der Waals surface area contributed by atoms with Crippen LogP contribution in [0.2, 0.25) is 0 Å². The van der Waals surface area contributed by atoms with Crippen LogP contribution in [0.15, 0.2) is 24.3 Å². The first-order chi connectivity index (χ1) is 9.15. The molecule has 2 rings (SSSR count). The van der Waals surface area contributed by atoms with Gasteiger partial charge in [0.25, 0.3) is 0 Å².